The molecule has 100 valence electrons. The number of hydrogen-bond donors (Lipinski definition) is 1. The number of carbonyl (C=O) groups excluding carboxylic acids is 1. The highest BCUT2D eigenvalue weighted by Gasteiger charge is 2.30. The first-order valence-electron chi connectivity index (χ1n) is 5.84. The number of nitrogens with one attached hydrogen (secondary N) is 1. The third-order valence-corrected chi connectivity index (χ3v) is 3.27. The van der Waals surface area contributed by atoms with E-state index in [0.29, 0.717) is 5.92 Å². The molecule has 0 spiro atoms. The quantitative estimate of drug-likeness (QED) is 0.809. The van der Waals surface area contributed by atoms with Gasteiger partial charge in [0, 0.05) is 6.54 Å². The van der Waals surface area contributed by atoms with Crippen LogP contribution >= 0.6 is 0 Å². The van der Waals surface area contributed by atoms with Crippen molar-refractivity contribution in [3.8, 4) is 0 Å². The molecule has 1 fully saturated rings. The van der Waals surface area contributed by atoms with Crippen molar-refractivity contribution < 1.29 is 18.0 Å². The zero-order valence-corrected chi connectivity index (χ0v) is 10.2. The molecule has 1 N–H and O–H groups in total. The Morgan fingerprint density at radius 1 is 1.47 bits per heavy atom. The Morgan fingerprint density at radius 3 is 2.47 bits per heavy atom. The number of hydrogen-bond acceptors (Lipinski definition) is 2. The van der Waals surface area contributed by atoms with Crippen LogP contribution in [0, 0.1) is 5.92 Å². The number of alkyl halides is 3. The molecule has 0 aliphatic heterocycles. The molecule has 1 atom stereocenters. The van der Waals surface area contributed by atoms with Gasteiger partial charge in [0.15, 0.2) is 0 Å². The van der Waals surface area contributed by atoms with Gasteiger partial charge in [-0.2, -0.15) is 13.2 Å². The molecule has 1 rings (SSSR count). The van der Waals surface area contributed by atoms with Crippen LogP contribution in [0.3, 0.4) is 0 Å². The third kappa shape index (κ3) is 4.93. The number of likely N-dealkylation sites (N-methyl/N-ethyl adjacent to an activating group) is 1. The molecule has 1 amide bonds. The summed E-state index contributed by atoms with van der Waals surface area (Å²) in [7, 11) is 1.77. The van der Waals surface area contributed by atoms with Crippen LogP contribution in [0.15, 0.2) is 0 Å². The van der Waals surface area contributed by atoms with Gasteiger partial charge in [0.2, 0.25) is 5.91 Å². The molecular formula is C11H19F3N2O. The Kier molecular flexibility index (Phi) is 4.80. The maximum Gasteiger partial charge on any atom is 0.405 e. The summed E-state index contributed by atoms with van der Waals surface area (Å²) in [5.74, 6) is 0.0296. The summed E-state index contributed by atoms with van der Waals surface area (Å²) in [4.78, 5) is 13.3. The molecule has 0 bridgehead atoms. The highest BCUT2D eigenvalue weighted by atomic mass is 19.4. The SMILES string of the molecule is C[C@H](C(=O)NCC(F)(F)F)N(C)CC1CCC1. The van der Waals surface area contributed by atoms with Crippen LogP contribution in [0.2, 0.25) is 0 Å². The molecule has 0 heterocycles. The number of rotatable bonds is 5. The van der Waals surface area contributed by atoms with Gasteiger partial charge < -0.3 is 5.32 Å². The largest absolute Gasteiger partial charge is 0.405 e. The van der Waals surface area contributed by atoms with Gasteiger partial charge in [0.1, 0.15) is 6.54 Å². The average molecular weight is 252 g/mol. The molecule has 17 heavy (non-hydrogen) atoms. The summed E-state index contributed by atoms with van der Waals surface area (Å²) < 4.78 is 35.8. The lowest BCUT2D eigenvalue weighted by Crippen LogP contribution is -2.47. The zero-order chi connectivity index (χ0) is 13.1. The molecule has 0 radical (unpaired) electrons. The van der Waals surface area contributed by atoms with Gasteiger partial charge in [-0.3, -0.25) is 9.69 Å². The maximum absolute atomic E-state index is 11.9. The van der Waals surface area contributed by atoms with Gasteiger partial charge in [-0.15, -0.1) is 0 Å². The molecular weight excluding hydrogens is 233 g/mol. The molecule has 0 aromatic heterocycles. The molecule has 1 aliphatic rings. The summed E-state index contributed by atoms with van der Waals surface area (Å²) in [5.41, 5.74) is 0. The fourth-order valence-corrected chi connectivity index (χ4v) is 1.78. The maximum atomic E-state index is 11.9. The van der Waals surface area contributed by atoms with Gasteiger partial charge in [-0.1, -0.05) is 6.42 Å². The molecule has 0 aromatic rings. The topological polar surface area (TPSA) is 32.3 Å². The van der Waals surface area contributed by atoms with Crippen molar-refractivity contribution in [1.29, 1.82) is 0 Å². The predicted molar refractivity (Wildman–Crippen MR) is 58.5 cm³/mol. The first-order valence-corrected chi connectivity index (χ1v) is 5.84. The summed E-state index contributed by atoms with van der Waals surface area (Å²) in [6.45, 7) is 1.15. The highest BCUT2D eigenvalue weighted by Crippen LogP contribution is 2.27. The van der Waals surface area contributed by atoms with E-state index in [2.05, 4.69) is 0 Å². The van der Waals surface area contributed by atoms with Crippen molar-refractivity contribution in [3.63, 3.8) is 0 Å². The van der Waals surface area contributed by atoms with E-state index >= 15 is 0 Å². The van der Waals surface area contributed by atoms with E-state index in [0.717, 1.165) is 19.4 Å². The van der Waals surface area contributed by atoms with E-state index in [4.69, 9.17) is 0 Å². The van der Waals surface area contributed by atoms with Crippen LogP contribution in [0.5, 0.6) is 0 Å². The minimum atomic E-state index is -4.35. The van der Waals surface area contributed by atoms with E-state index < -0.39 is 24.7 Å². The lowest BCUT2D eigenvalue weighted by molar-refractivity contribution is -0.141. The first kappa shape index (κ1) is 14.3. The van der Waals surface area contributed by atoms with Crippen molar-refractivity contribution in [3.05, 3.63) is 0 Å². The Hall–Kier alpha value is -0.780. The van der Waals surface area contributed by atoms with Gasteiger partial charge in [0.05, 0.1) is 6.04 Å². The standard InChI is InChI=1S/C11H19F3N2O/c1-8(10(17)15-7-11(12,13)14)16(2)6-9-4-3-5-9/h8-9H,3-7H2,1-2H3,(H,15,17)/t8-/m1/s1. The van der Waals surface area contributed by atoms with E-state index in [9.17, 15) is 18.0 Å². The Labute approximate surface area is 99.4 Å². The minimum absolute atomic E-state index is 0.516. The molecule has 0 saturated heterocycles. The fourth-order valence-electron chi connectivity index (χ4n) is 1.78. The lowest BCUT2D eigenvalue weighted by Gasteiger charge is -2.32. The summed E-state index contributed by atoms with van der Waals surface area (Å²) in [5, 5.41) is 1.91. The second-order valence-electron chi connectivity index (χ2n) is 4.75. The normalized spacial score (nSPS) is 18.9. The molecule has 1 saturated carbocycles. The van der Waals surface area contributed by atoms with Gasteiger partial charge in [-0.05, 0) is 32.7 Å². The van der Waals surface area contributed by atoms with E-state index in [-0.39, 0.29) is 0 Å². The smallest absolute Gasteiger partial charge is 0.346 e. The minimum Gasteiger partial charge on any atom is -0.346 e. The molecule has 3 nitrogen and oxygen atoms in total. The van der Waals surface area contributed by atoms with Gasteiger partial charge >= 0.3 is 6.18 Å². The van der Waals surface area contributed by atoms with Crippen LogP contribution in [-0.2, 0) is 4.79 Å². The molecule has 1 aliphatic carbocycles. The summed E-state index contributed by atoms with van der Waals surface area (Å²) >= 11 is 0. The second-order valence-corrected chi connectivity index (χ2v) is 4.75. The van der Waals surface area contributed by atoms with Gasteiger partial charge in [-0.25, -0.2) is 0 Å². The zero-order valence-electron chi connectivity index (χ0n) is 10.2. The number of nitrogens with zero attached hydrogens (tertiary/aromatic N) is 1. The van der Waals surface area contributed by atoms with Gasteiger partial charge in [0.25, 0.3) is 0 Å². The number of halogens is 3. The summed E-state index contributed by atoms with van der Waals surface area (Å²) in [6, 6.07) is -0.516. The van der Waals surface area contributed by atoms with Crippen LogP contribution in [0.4, 0.5) is 13.2 Å². The van der Waals surface area contributed by atoms with Crippen molar-refractivity contribution in [1.82, 2.24) is 10.2 Å². The van der Waals surface area contributed by atoms with Crippen molar-refractivity contribution in [2.75, 3.05) is 20.1 Å². The van der Waals surface area contributed by atoms with Crippen LogP contribution in [0.1, 0.15) is 26.2 Å². The monoisotopic (exact) mass is 252 g/mol. The van der Waals surface area contributed by atoms with E-state index in [1.807, 2.05) is 10.2 Å². The third-order valence-electron chi connectivity index (χ3n) is 3.27. The fraction of sp³-hybridized carbons (Fsp3) is 0.909. The number of carbonyl (C=O) groups is 1. The van der Waals surface area contributed by atoms with Crippen LogP contribution < -0.4 is 5.32 Å². The second kappa shape index (κ2) is 5.71. The van der Waals surface area contributed by atoms with E-state index in [1.54, 1.807) is 14.0 Å². The van der Waals surface area contributed by atoms with Crippen molar-refractivity contribution >= 4 is 5.91 Å². The highest BCUT2D eigenvalue weighted by molar-refractivity contribution is 5.81. The summed E-state index contributed by atoms with van der Waals surface area (Å²) in [6.07, 6.45) is -0.822. The molecule has 0 aromatic carbocycles. The molecule has 0 unspecified atom stereocenters. The van der Waals surface area contributed by atoms with Crippen LogP contribution in [0.25, 0.3) is 0 Å². The Bertz CT molecular complexity index is 264. The van der Waals surface area contributed by atoms with Crippen LogP contribution in [-0.4, -0.2) is 43.2 Å². The lowest BCUT2D eigenvalue weighted by atomic mass is 9.85. The van der Waals surface area contributed by atoms with Crippen molar-refractivity contribution in [2.45, 2.75) is 38.4 Å². The van der Waals surface area contributed by atoms with Crippen molar-refractivity contribution in [2.24, 2.45) is 5.92 Å². The Balaban J connectivity index is 2.29. The predicted octanol–water partition coefficient (Wildman–Crippen LogP) is 1.79. The molecule has 6 heteroatoms. The Morgan fingerprint density at radius 2 is 2.06 bits per heavy atom. The average Bonchev–Trinajstić information content (AvgIpc) is 2.17. The number of amides is 1. The van der Waals surface area contributed by atoms with E-state index in [1.165, 1.54) is 6.42 Å². The first-order chi connectivity index (χ1) is 7.79.